The average molecular weight is 380 g/mol. The van der Waals surface area contributed by atoms with Gasteiger partial charge in [-0.2, -0.15) is 0 Å². The molecule has 27 heavy (non-hydrogen) atoms. The molecular formula is C23H29N3S. The molecule has 0 aromatic heterocycles. The summed E-state index contributed by atoms with van der Waals surface area (Å²) in [6.07, 6.45) is 4.98. The first-order valence-corrected chi connectivity index (χ1v) is 10.4. The molecule has 3 nitrogen and oxygen atoms in total. The second-order valence-electron chi connectivity index (χ2n) is 8.11. The van der Waals surface area contributed by atoms with Crippen LogP contribution < -0.4 is 10.6 Å². The summed E-state index contributed by atoms with van der Waals surface area (Å²) < 4.78 is 0. The fourth-order valence-electron chi connectivity index (χ4n) is 4.62. The molecule has 0 saturated carbocycles. The zero-order valence-electron chi connectivity index (χ0n) is 16.2. The predicted molar refractivity (Wildman–Crippen MR) is 117 cm³/mol. The second kappa shape index (κ2) is 7.99. The van der Waals surface area contributed by atoms with Crippen molar-refractivity contribution in [1.29, 1.82) is 0 Å². The molecule has 2 atom stereocenters. The van der Waals surface area contributed by atoms with Gasteiger partial charge in [0.05, 0.1) is 0 Å². The van der Waals surface area contributed by atoms with E-state index >= 15 is 0 Å². The van der Waals surface area contributed by atoms with E-state index < -0.39 is 0 Å². The summed E-state index contributed by atoms with van der Waals surface area (Å²) in [7, 11) is 0. The molecule has 2 aromatic carbocycles. The van der Waals surface area contributed by atoms with Crippen LogP contribution in [0.2, 0.25) is 0 Å². The van der Waals surface area contributed by atoms with Gasteiger partial charge in [0.25, 0.3) is 0 Å². The number of hydrogen-bond donors (Lipinski definition) is 2. The molecule has 2 aliphatic heterocycles. The molecule has 0 spiro atoms. The van der Waals surface area contributed by atoms with Crippen molar-refractivity contribution >= 4 is 23.0 Å². The molecule has 2 unspecified atom stereocenters. The number of fused-ring (bicyclic) bond motifs is 2. The number of nitrogens with one attached hydrogen (secondary N) is 2. The van der Waals surface area contributed by atoms with Gasteiger partial charge in [0.15, 0.2) is 5.11 Å². The fourth-order valence-corrected chi connectivity index (χ4v) is 4.90. The molecule has 2 saturated heterocycles. The van der Waals surface area contributed by atoms with E-state index in [1.807, 2.05) is 0 Å². The molecule has 2 bridgehead atoms. The molecule has 4 rings (SSSR count). The Morgan fingerprint density at radius 2 is 1.70 bits per heavy atom. The van der Waals surface area contributed by atoms with E-state index in [0.29, 0.717) is 18.1 Å². The van der Waals surface area contributed by atoms with Crippen molar-refractivity contribution in [1.82, 2.24) is 10.2 Å². The van der Waals surface area contributed by atoms with Gasteiger partial charge in [-0.05, 0) is 80.6 Å². The maximum atomic E-state index is 5.59. The van der Waals surface area contributed by atoms with Crippen molar-refractivity contribution < 1.29 is 0 Å². The van der Waals surface area contributed by atoms with Gasteiger partial charge >= 0.3 is 0 Å². The molecule has 2 fully saturated rings. The van der Waals surface area contributed by atoms with Gasteiger partial charge in [-0.15, -0.1) is 0 Å². The number of nitrogens with zero attached hydrogens (tertiary/aromatic N) is 1. The molecule has 2 heterocycles. The molecule has 0 radical (unpaired) electrons. The third kappa shape index (κ3) is 4.33. The first kappa shape index (κ1) is 18.5. The molecule has 0 aliphatic carbocycles. The third-order valence-electron chi connectivity index (χ3n) is 6.19. The predicted octanol–water partition coefficient (Wildman–Crippen LogP) is 4.79. The fraction of sp³-hybridized carbons (Fsp3) is 0.435. The molecule has 2 aromatic rings. The smallest absolute Gasteiger partial charge is 0.170 e. The Balaban J connectivity index is 1.33. The summed E-state index contributed by atoms with van der Waals surface area (Å²) in [6.45, 7) is 5.35. The summed E-state index contributed by atoms with van der Waals surface area (Å²) in [4.78, 5) is 2.72. The lowest BCUT2D eigenvalue weighted by atomic mass is 9.96. The summed E-state index contributed by atoms with van der Waals surface area (Å²) in [5.74, 6) is 0. The number of piperidine rings is 1. The maximum absolute atomic E-state index is 5.59. The summed E-state index contributed by atoms with van der Waals surface area (Å²) in [5.41, 5.74) is 5.09. The van der Waals surface area contributed by atoms with E-state index in [-0.39, 0.29) is 0 Å². The molecule has 2 aliphatic rings. The van der Waals surface area contributed by atoms with Crippen LogP contribution in [0.15, 0.2) is 48.5 Å². The van der Waals surface area contributed by atoms with E-state index in [1.165, 1.54) is 42.4 Å². The second-order valence-corrected chi connectivity index (χ2v) is 8.52. The van der Waals surface area contributed by atoms with Gasteiger partial charge < -0.3 is 10.6 Å². The summed E-state index contributed by atoms with van der Waals surface area (Å²) >= 11 is 5.59. The highest BCUT2D eigenvalue weighted by molar-refractivity contribution is 7.80. The Kier molecular flexibility index (Phi) is 5.46. The summed E-state index contributed by atoms with van der Waals surface area (Å²) in [6, 6.07) is 19.1. The molecule has 2 N–H and O–H groups in total. The van der Waals surface area contributed by atoms with Crippen LogP contribution in [0.3, 0.4) is 0 Å². The monoisotopic (exact) mass is 379 g/mol. The maximum Gasteiger partial charge on any atom is 0.170 e. The Morgan fingerprint density at radius 1 is 1.00 bits per heavy atom. The van der Waals surface area contributed by atoms with Gasteiger partial charge in [0.2, 0.25) is 0 Å². The van der Waals surface area contributed by atoms with Crippen molar-refractivity contribution in [3.8, 4) is 0 Å². The Hall–Kier alpha value is -1.91. The van der Waals surface area contributed by atoms with Gasteiger partial charge in [-0.25, -0.2) is 0 Å². The first-order valence-electron chi connectivity index (χ1n) is 10.0. The zero-order valence-corrected chi connectivity index (χ0v) is 17.1. The van der Waals surface area contributed by atoms with Crippen LogP contribution >= 0.6 is 12.2 Å². The van der Waals surface area contributed by atoms with Crippen molar-refractivity contribution in [3.63, 3.8) is 0 Å². The van der Waals surface area contributed by atoms with Crippen LogP contribution in [0.25, 0.3) is 0 Å². The Morgan fingerprint density at radius 3 is 2.37 bits per heavy atom. The molecule has 4 heteroatoms. The quantitative estimate of drug-likeness (QED) is 0.747. The standard InChI is InChI=1S/C23H29N3S/c1-16-8-9-19(12-17(16)2)24-23(27)25-20-13-21-10-11-22(14-20)26(21)15-18-6-4-3-5-7-18/h3-9,12,20-22H,10-11,13-15H2,1-2H3,(H2,24,25,27). The normalized spacial score (nSPS) is 24.6. The highest BCUT2D eigenvalue weighted by Crippen LogP contribution is 2.36. The molecule has 142 valence electrons. The van der Waals surface area contributed by atoms with Crippen molar-refractivity contribution in [3.05, 3.63) is 65.2 Å². The third-order valence-corrected chi connectivity index (χ3v) is 6.41. The van der Waals surface area contributed by atoms with Crippen molar-refractivity contribution in [2.75, 3.05) is 5.32 Å². The van der Waals surface area contributed by atoms with Crippen LogP contribution in [-0.2, 0) is 6.54 Å². The number of rotatable bonds is 4. The number of aryl methyl sites for hydroxylation is 2. The van der Waals surface area contributed by atoms with Crippen LogP contribution in [0.1, 0.15) is 42.4 Å². The van der Waals surface area contributed by atoms with Gasteiger partial charge in [0.1, 0.15) is 0 Å². The van der Waals surface area contributed by atoms with Gasteiger partial charge in [0, 0.05) is 30.4 Å². The van der Waals surface area contributed by atoms with Gasteiger partial charge in [-0.1, -0.05) is 36.4 Å². The molecular weight excluding hydrogens is 350 g/mol. The van der Waals surface area contributed by atoms with E-state index in [4.69, 9.17) is 12.2 Å². The van der Waals surface area contributed by atoms with E-state index in [0.717, 1.165) is 17.3 Å². The Bertz CT molecular complexity index is 791. The van der Waals surface area contributed by atoms with Crippen LogP contribution in [0.4, 0.5) is 5.69 Å². The molecule has 0 amide bonds. The minimum absolute atomic E-state index is 0.473. The largest absolute Gasteiger partial charge is 0.360 e. The first-order chi connectivity index (χ1) is 13.1. The van der Waals surface area contributed by atoms with Crippen molar-refractivity contribution in [2.24, 2.45) is 0 Å². The minimum atomic E-state index is 0.473. The van der Waals surface area contributed by atoms with Crippen molar-refractivity contribution in [2.45, 2.75) is 64.2 Å². The zero-order chi connectivity index (χ0) is 18.8. The van der Waals surface area contributed by atoms with Crippen LogP contribution in [0, 0.1) is 13.8 Å². The highest BCUT2D eigenvalue weighted by atomic mass is 32.1. The highest BCUT2D eigenvalue weighted by Gasteiger charge is 2.40. The van der Waals surface area contributed by atoms with E-state index in [9.17, 15) is 0 Å². The lowest BCUT2D eigenvalue weighted by Crippen LogP contribution is -2.50. The SMILES string of the molecule is Cc1ccc(NC(=S)NC2CC3CCC(C2)N3Cc2ccccc2)cc1C. The lowest BCUT2D eigenvalue weighted by molar-refractivity contribution is 0.115. The van der Waals surface area contributed by atoms with Crippen LogP contribution in [-0.4, -0.2) is 28.1 Å². The van der Waals surface area contributed by atoms with E-state index in [2.05, 4.69) is 77.9 Å². The number of hydrogen-bond acceptors (Lipinski definition) is 2. The lowest BCUT2D eigenvalue weighted by Gasteiger charge is -2.39. The minimum Gasteiger partial charge on any atom is -0.360 e. The van der Waals surface area contributed by atoms with E-state index in [1.54, 1.807) is 0 Å². The van der Waals surface area contributed by atoms with Gasteiger partial charge in [-0.3, -0.25) is 4.90 Å². The topological polar surface area (TPSA) is 27.3 Å². The number of benzene rings is 2. The average Bonchev–Trinajstić information content (AvgIpc) is 2.88. The number of anilines is 1. The number of thiocarbonyl (C=S) groups is 1. The Labute approximate surface area is 168 Å². The summed E-state index contributed by atoms with van der Waals surface area (Å²) in [5, 5.41) is 7.69. The van der Waals surface area contributed by atoms with Crippen LogP contribution in [0.5, 0.6) is 0 Å².